The molecule has 3 nitrogen and oxygen atoms in total. The zero-order chi connectivity index (χ0) is 15.9. The average Bonchev–Trinajstić information content (AvgIpc) is 2.52. The molecule has 0 aromatic heterocycles. The highest BCUT2D eigenvalue weighted by Crippen LogP contribution is 2.15. The predicted octanol–water partition coefficient (Wildman–Crippen LogP) is 4.06. The van der Waals surface area contributed by atoms with Crippen LogP contribution in [0.1, 0.15) is 42.9 Å². The van der Waals surface area contributed by atoms with Crippen LogP contribution < -0.4 is 11.1 Å². The van der Waals surface area contributed by atoms with Crippen LogP contribution in [0.15, 0.2) is 48.5 Å². The van der Waals surface area contributed by atoms with E-state index in [4.69, 9.17) is 5.73 Å². The van der Waals surface area contributed by atoms with Gasteiger partial charge >= 0.3 is 0 Å². The van der Waals surface area contributed by atoms with Crippen LogP contribution in [-0.4, -0.2) is 5.91 Å². The fourth-order valence-corrected chi connectivity index (χ4v) is 2.32. The number of nitrogen functional groups attached to an aromatic ring is 1. The van der Waals surface area contributed by atoms with Crippen molar-refractivity contribution in [2.24, 2.45) is 0 Å². The number of para-hydroxylation sites is 1. The van der Waals surface area contributed by atoms with E-state index in [-0.39, 0.29) is 18.3 Å². The van der Waals surface area contributed by atoms with Gasteiger partial charge < -0.3 is 11.1 Å². The zero-order valence-electron chi connectivity index (χ0n) is 13.7. The van der Waals surface area contributed by atoms with Crippen molar-refractivity contribution in [3.05, 3.63) is 65.2 Å². The van der Waals surface area contributed by atoms with E-state index in [0.717, 1.165) is 16.8 Å². The number of carbonyl (C=O) groups is 1. The Morgan fingerprint density at radius 3 is 2.35 bits per heavy atom. The topological polar surface area (TPSA) is 55.1 Å². The maximum Gasteiger partial charge on any atom is 0.220 e. The van der Waals surface area contributed by atoms with Crippen LogP contribution in [0, 0.1) is 0 Å². The summed E-state index contributed by atoms with van der Waals surface area (Å²) >= 11 is 0. The lowest BCUT2D eigenvalue weighted by molar-refractivity contribution is -0.121. The summed E-state index contributed by atoms with van der Waals surface area (Å²) in [4.78, 5) is 11.9. The van der Waals surface area contributed by atoms with Gasteiger partial charge in [-0.3, -0.25) is 4.79 Å². The molecule has 2 rings (SSSR count). The minimum Gasteiger partial charge on any atom is -0.399 e. The molecule has 23 heavy (non-hydrogen) atoms. The van der Waals surface area contributed by atoms with E-state index in [1.807, 2.05) is 24.3 Å². The normalized spacial score (nSPS) is 10.2. The molecule has 0 aliphatic rings. The molecule has 2 aromatic rings. The first-order chi connectivity index (χ1) is 10.6. The first kappa shape index (κ1) is 19.0. The summed E-state index contributed by atoms with van der Waals surface area (Å²) in [5.41, 5.74) is 10.1. The summed E-state index contributed by atoms with van der Waals surface area (Å²) in [6.45, 7) is 4.92. The number of amides is 1. The number of halogens is 1. The van der Waals surface area contributed by atoms with Crippen LogP contribution in [0.25, 0.3) is 0 Å². The molecule has 4 heteroatoms. The van der Waals surface area contributed by atoms with Gasteiger partial charge in [0.1, 0.15) is 0 Å². The van der Waals surface area contributed by atoms with Crippen molar-refractivity contribution >= 4 is 24.0 Å². The van der Waals surface area contributed by atoms with Crippen molar-refractivity contribution in [3.63, 3.8) is 0 Å². The minimum atomic E-state index is 0. The third-order valence-corrected chi connectivity index (χ3v) is 3.81. The van der Waals surface area contributed by atoms with E-state index < -0.39 is 0 Å². The lowest BCUT2D eigenvalue weighted by Crippen LogP contribution is -2.23. The van der Waals surface area contributed by atoms with E-state index in [0.29, 0.717) is 25.3 Å². The summed E-state index contributed by atoms with van der Waals surface area (Å²) in [7, 11) is 0. The molecule has 0 unspecified atom stereocenters. The monoisotopic (exact) mass is 332 g/mol. The molecule has 1 amide bonds. The lowest BCUT2D eigenvalue weighted by atomic mass is 10.0. The second-order valence-corrected chi connectivity index (χ2v) is 5.87. The third-order valence-electron chi connectivity index (χ3n) is 3.81. The second kappa shape index (κ2) is 9.21. The molecule has 0 heterocycles. The molecule has 0 aliphatic heterocycles. The van der Waals surface area contributed by atoms with Crippen molar-refractivity contribution in [2.45, 2.75) is 39.2 Å². The standard InChI is InChI=1S/C19H24N2O.ClH/c1-14(2)16-9-7-15(8-10-16)13-21-19(22)12-11-17-5-3-4-6-18(17)20;/h3-10,14H,11-13,20H2,1-2H3,(H,21,22);1H. The predicted molar refractivity (Wildman–Crippen MR) is 98.8 cm³/mol. The number of nitrogens with one attached hydrogen (secondary N) is 1. The van der Waals surface area contributed by atoms with E-state index in [2.05, 4.69) is 43.4 Å². The van der Waals surface area contributed by atoms with Gasteiger partial charge in [0.25, 0.3) is 0 Å². The number of anilines is 1. The Balaban J connectivity index is 0.00000264. The van der Waals surface area contributed by atoms with Crippen molar-refractivity contribution in [2.75, 3.05) is 5.73 Å². The molecule has 2 aromatic carbocycles. The Labute approximate surface area is 144 Å². The summed E-state index contributed by atoms with van der Waals surface area (Å²) in [6, 6.07) is 16.1. The largest absolute Gasteiger partial charge is 0.399 e. The van der Waals surface area contributed by atoms with Gasteiger partial charge in [-0.05, 0) is 35.1 Å². The molecule has 0 saturated carbocycles. The minimum absolute atomic E-state index is 0. The third kappa shape index (κ3) is 5.95. The Kier molecular flexibility index (Phi) is 7.63. The number of carbonyl (C=O) groups excluding carboxylic acids is 1. The van der Waals surface area contributed by atoms with Gasteiger partial charge in [-0.25, -0.2) is 0 Å². The van der Waals surface area contributed by atoms with Gasteiger partial charge in [0.15, 0.2) is 0 Å². The first-order valence-electron chi connectivity index (χ1n) is 7.75. The van der Waals surface area contributed by atoms with Gasteiger partial charge in [0.05, 0.1) is 0 Å². The number of nitrogens with two attached hydrogens (primary N) is 1. The molecule has 0 fully saturated rings. The van der Waals surface area contributed by atoms with Crippen molar-refractivity contribution < 1.29 is 4.79 Å². The molecule has 0 spiro atoms. The van der Waals surface area contributed by atoms with E-state index in [1.54, 1.807) is 0 Å². The zero-order valence-corrected chi connectivity index (χ0v) is 14.5. The molecule has 0 aliphatic carbocycles. The lowest BCUT2D eigenvalue weighted by Gasteiger charge is -2.09. The number of rotatable bonds is 6. The van der Waals surface area contributed by atoms with Crippen molar-refractivity contribution in [1.82, 2.24) is 5.32 Å². The molecular formula is C19H25ClN2O. The van der Waals surface area contributed by atoms with E-state index in [9.17, 15) is 4.79 Å². The molecule has 0 saturated heterocycles. The van der Waals surface area contributed by atoms with Gasteiger partial charge in [-0.2, -0.15) is 0 Å². The average molecular weight is 333 g/mol. The second-order valence-electron chi connectivity index (χ2n) is 5.87. The van der Waals surface area contributed by atoms with Gasteiger partial charge in [-0.1, -0.05) is 56.3 Å². The Morgan fingerprint density at radius 1 is 1.09 bits per heavy atom. The van der Waals surface area contributed by atoms with E-state index in [1.165, 1.54) is 5.56 Å². The maximum atomic E-state index is 11.9. The highest BCUT2D eigenvalue weighted by Gasteiger charge is 2.05. The smallest absolute Gasteiger partial charge is 0.220 e. The number of aryl methyl sites for hydroxylation is 1. The van der Waals surface area contributed by atoms with Gasteiger partial charge in [0.2, 0.25) is 5.91 Å². The maximum absolute atomic E-state index is 11.9. The SMILES string of the molecule is CC(C)c1ccc(CNC(=O)CCc2ccccc2N)cc1.Cl. The molecule has 0 radical (unpaired) electrons. The van der Waals surface area contributed by atoms with Crippen LogP contribution in [0.2, 0.25) is 0 Å². The molecule has 124 valence electrons. The quantitative estimate of drug-likeness (QED) is 0.784. The first-order valence-corrected chi connectivity index (χ1v) is 7.75. The fourth-order valence-electron chi connectivity index (χ4n) is 2.32. The summed E-state index contributed by atoms with van der Waals surface area (Å²) in [6.07, 6.45) is 1.13. The van der Waals surface area contributed by atoms with Crippen LogP contribution >= 0.6 is 12.4 Å². The highest BCUT2D eigenvalue weighted by molar-refractivity contribution is 5.85. The molecule has 3 N–H and O–H groups in total. The molecular weight excluding hydrogens is 308 g/mol. The van der Waals surface area contributed by atoms with Crippen LogP contribution in [0.5, 0.6) is 0 Å². The molecule has 0 bridgehead atoms. The Morgan fingerprint density at radius 2 is 1.74 bits per heavy atom. The van der Waals surface area contributed by atoms with Crippen molar-refractivity contribution in [1.29, 1.82) is 0 Å². The number of hydrogen-bond acceptors (Lipinski definition) is 2. The number of benzene rings is 2. The van der Waals surface area contributed by atoms with Gasteiger partial charge in [0, 0.05) is 18.7 Å². The van der Waals surface area contributed by atoms with Crippen molar-refractivity contribution in [3.8, 4) is 0 Å². The summed E-state index contributed by atoms with van der Waals surface area (Å²) in [5.74, 6) is 0.580. The van der Waals surface area contributed by atoms with Gasteiger partial charge in [-0.15, -0.1) is 12.4 Å². The van der Waals surface area contributed by atoms with E-state index >= 15 is 0 Å². The Bertz CT molecular complexity index is 624. The molecule has 0 atom stereocenters. The highest BCUT2D eigenvalue weighted by atomic mass is 35.5. The van der Waals surface area contributed by atoms with Crippen LogP contribution in [0.4, 0.5) is 5.69 Å². The summed E-state index contributed by atoms with van der Waals surface area (Å²) in [5, 5.41) is 2.96. The van der Waals surface area contributed by atoms with Crippen LogP contribution in [-0.2, 0) is 17.8 Å². The summed E-state index contributed by atoms with van der Waals surface area (Å²) < 4.78 is 0. The Hall–Kier alpha value is -2.00. The number of hydrogen-bond donors (Lipinski definition) is 2. The fraction of sp³-hybridized carbons (Fsp3) is 0.316. The van der Waals surface area contributed by atoms with Crippen LogP contribution in [0.3, 0.4) is 0 Å².